The molecule has 4 rings (SSSR count). The Kier molecular flexibility index (Phi) is 13.5. The van der Waals surface area contributed by atoms with E-state index in [9.17, 15) is 14.4 Å². The highest BCUT2D eigenvalue weighted by molar-refractivity contribution is 5.71. The molecule has 0 atom stereocenters. The summed E-state index contributed by atoms with van der Waals surface area (Å²) in [6, 6.07) is 20.8. The van der Waals surface area contributed by atoms with Crippen molar-refractivity contribution < 1.29 is 42.8 Å². The SMILES string of the molecule is Cc1c(C#Cc2ccccc2OC(=O)OC(C)(C)C)c(C)c(C#Cc2ccccc2OC(=O)OC(C)(C)C)c(C)c1C#Cc1ccccc1OC(=O)OC(C)(C)C. The van der Waals surface area contributed by atoms with Gasteiger partial charge in [-0.1, -0.05) is 71.9 Å². The van der Waals surface area contributed by atoms with E-state index < -0.39 is 35.3 Å². The van der Waals surface area contributed by atoms with Crippen LogP contribution in [0.2, 0.25) is 0 Å². The number of hydrogen-bond acceptors (Lipinski definition) is 9. The van der Waals surface area contributed by atoms with Crippen LogP contribution in [0.4, 0.5) is 14.4 Å². The monoisotopic (exact) mass is 768 g/mol. The third-order valence-corrected chi connectivity index (χ3v) is 7.63. The number of ether oxygens (including phenoxy) is 6. The van der Waals surface area contributed by atoms with Crippen LogP contribution in [0.1, 0.15) is 112 Å². The molecule has 57 heavy (non-hydrogen) atoms. The van der Waals surface area contributed by atoms with Crippen LogP contribution >= 0.6 is 0 Å². The lowest BCUT2D eigenvalue weighted by atomic mass is 9.88. The van der Waals surface area contributed by atoms with Gasteiger partial charge in [0.25, 0.3) is 0 Å². The molecule has 4 aromatic carbocycles. The van der Waals surface area contributed by atoms with E-state index in [0.717, 1.165) is 16.7 Å². The summed E-state index contributed by atoms with van der Waals surface area (Å²) in [4.78, 5) is 37.7. The van der Waals surface area contributed by atoms with Gasteiger partial charge >= 0.3 is 18.5 Å². The fourth-order valence-electron chi connectivity index (χ4n) is 5.23. The van der Waals surface area contributed by atoms with Crippen LogP contribution < -0.4 is 14.2 Å². The van der Waals surface area contributed by atoms with Crippen LogP contribution in [-0.4, -0.2) is 35.3 Å². The average Bonchev–Trinajstić information content (AvgIpc) is 3.07. The minimum absolute atomic E-state index is 0.241. The summed E-state index contributed by atoms with van der Waals surface area (Å²) in [5.74, 6) is 20.1. The lowest BCUT2D eigenvalue weighted by molar-refractivity contribution is 0.0192. The Morgan fingerprint density at radius 3 is 0.842 bits per heavy atom. The molecule has 0 aliphatic heterocycles. The molecule has 0 fully saturated rings. The Bertz CT molecular complexity index is 2080. The van der Waals surface area contributed by atoms with Gasteiger partial charge in [-0.05, 0) is 136 Å². The smallest absolute Gasteiger partial charge is 0.428 e. The quantitative estimate of drug-likeness (QED) is 0.0871. The standard InChI is InChI=1S/C48H48O9/c1-31-37(28-25-34-19-13-16-22-40(34)52-43(49)55-46(4,5)6)32(2)39(30-27-36-21-15-18-24-42(36)54-45(51)57-48(10,11)12)33(3)38(31)29-26-35-20-14-17-23-41(35)53-44(50)56-47(7,8)9/h13-24H,1-12H3. The van der Waals surface area contributed by atoms with Gasteiger partial charge in [0, 0.05) is 16.7 Å². The van der Waals surface area contributed by atoms with Crippen molar-refractivity contribution in [3.8, 4) is 52.8 Å². The second-order valence-corrected chi connectivity index (χ2v) is 15.9. The van der Waals surface area contributed by atoms with Gasteiger partial charge in [-0.15, -0.1) is 0 Å². The molecule has 0 amide bonds. The van der Waals surface area contributed by atoms with E-state index in [1.807, 2.05) is 20.8 Å². The molecule has 0 aliphatic carbocycles. The molecule has 9 nitrogen and oxygen atoms in total. The van der Waals surface area contributed by atoms with Crippen molar-refractivity contribution >= 4 is 18.5 Å². The summed E-state index contributed by atoms with van der Waals surface area (Å²) in [5, 5.41) is 0. The third kappa shape index (κ3) is 13.0. The van der Waals surface area contributed by atoms with Gasteiger partial charge in [-0.2, -0.15) is 0 Å². The van der Waals surface area contributed by atoms with Gasteiger partial charge in [0.05, 0.1) is 16.7 Å². The second-order valence-electron chi connectivity index (χ2n) is 15.9. The largest absolute Gasteiger partial charge is 0.514 e. The number of benzene rings is 4. The van der Waals surface area contributed by atoms with Crippen LogP contribution in [0, 0.1) is 56.3 Å². The fourth-order valence-corrected chi connectivity index (χ4v) is 5.23. The molecular weight excluding hydrogens is 721 g/mol. The molecule has 0 unspecified atom stereocenters. The number of hydrogen-bond donors (Lipinski definition) is 0. The van der Waals surface area contributed by atoms with Gasteiger partial charge in [0.1, 0.15) is 34.1 Å². The first-order chi connectivity index (χ1) is 26.6. The zero-order chi connectivity index (χ0) is 42.1. The normalized spacial score (nSPS) is 10.9. The topological polar surface area (TPSA) is 107 Å². The maximum atomic E-state index is 12.6. The van der Waals surface area contributed by atoms with Gasteiger partial charge in [0.15, 0.2) is 0 Å². The zero-order valence-corrected chi connectivity index (χ0v) is 34.6. The van der Waals surface area contributed by atoms with Crippen molar-refractivity contribution in [3.05, 3.63) is 123 Å². The van der Waals surface area contributed by atoms with E-state index in [4.69, 9.17) is 28.4 Å². The molecule has 0 spiro atoms. The first-order valence-electron chi connectivity index (χ1n) is 18.3. The minimum atomic E-state index is -0.846. The first-order valence-corrected chi connectivity index (χ1v) is 18.3. The number of carbonyl (C=O) groups is 3. The lowest BCUT2D eigenvalue weighted by Crippen LogP contribution is -2.26. The van der Waals surface area contributed by atoms with Crippen molar-refractivity contribution in [3.63, 3.8) is 0 Å². The molecule has 0 radical (unpaired) electrons. The maximum absolute atomic E-state index is 12.6. The predicted octanol–water partition coefficient (Wildman–Crippen LogP) is 10.8. The Morgan fingerprint density at radius 1 is 0.386 bits per heavy atom. The highest BCUT2D eigenvalue weighted by atomic mass is 16.7. The van der Waals surface area contributed by atoms with E-state index in [-0.39, 0.29) is 17.2 Å². The second kappa shape index (κ2) is 17.9. The number of carbonyl (C=O) groups excluding carboxylic acids is 3. The van der Waals surface area contributed by atoms with Crippen LogP contribution in [0.25, 0.3) is 0 Å². The van der Waals surface area contributed by atoms with Gasteiger partial charge < -0.3 is 28.4 Å². The Balaban J connectivity index is 1.88. The van der Waals surface area contributed by atoms with Crippen molar-refractivity contribution in [1.29, 1.82) is 0 Å². The maximum Gasteiger partial charge on any atom is 0.514 e. The molecule has 4 aromatic rings. The summed E-state index contributed by atoms with van der Waals surface area (Å²) < 4.78 is 32.7. The Labute approximate surface area is 336 Å². The van der Waals surface area contributed by atoms with Crippen LogP contribution in [-0.2, 0) is 14.2 Å². The molecule has 0 saturated carbocycles. The van der Waals surface area contributed by atoms with Gasteiger partial charge in [-0.25, -0.2) is 14.4 Å². The van der Waals surface area contributed by atoms with E-state index >= 15 is 0 Å². The van der Waals surface area contributed by atoms with Gasteiger partial charge in [-0.3, -0.25) is 0 Å². The van der Waals surface area contributed by atoms with E-state index in [0.29, 0.717) is 33.4 Å². The zero-order valence-electron chi connectivity index (χ0n) is 34.6. The third-order valence-electron chi connectivity index (χ3n) is 7.63. The lowest BCUT2D eigenvalue weighted by Gasteiger charge is -2.19. The first kappa shape index (κ1) is 43.1. The van der Waals surface area contributed by atoms with Crippen molar-refractivity contribution in [2.75, 3.05) is 0 Å². The fraction of sp³-hybridized carbons (Fsp3) is 0.312. The van der Waals surface area contributed by atoms with E-state index in [1.54, 1.807) is 135 Å². The predicted molar refractivity (Wildman–Crippen MR) is 219 cm³/mol. The molecule has 0 N–H and O–H groups in total. The highest BCUT2D eigenvalue weighted by Gasteiger charge is 2.22. The summed E-state index contributed by atoms with van der Waals surface area (Å²) in [7, 11) is 0. The van der Waals surface area contributed by atoms with Crippen molar-refractivity contribution in [2.45, 2.75) is 99.9 Å². The highest BCUT2D eigenvalue weighted by Crippen LogP contribution is 2.28. The molecule has 0 heterocycles. The van der Waals surface area contributed by atoms with Crippen molar-refractivity contribution in [2.24, 2.45) is 0 Å². The molecular formula is C48H48O9. The number of rotatable bonds is 3. The average molecular weight is 769 g/mol. The van der Waals surface area contributed by atoms with Crippen LogP contribution in [0.3, 0.4) is 0 Å². The molecule has 0 bridgehead atoms. The van der Waals surface area contributed by atoms with Crippen LogP contribution in [0.15, 0.2) is 72.8 Å². The molecule has 9 heteroatoms. The Hall–Kier alpha value is -6.63. The molecule has 0 aromatic heterocycles. The summed E-state index contributed by atoms with van der Waals surface area (Å²) in [6.45, 7) is 21.5. The van der Waals surface area contributed by atoms with Crippen molar-refractivity contribution in [1.82, 2.24) is 0 Å². The number of para-hydroxylation sites is 3. The molecule has 294 valence electrons. The van der Waals surface area contributed by atoms with Gasteiger partial charge in [0.2, 0.25) is 0 Å². The van der Waals surface area contributed by atoms with E-state index in [2.05, 4.69) is 35.5 Å². The van der Waals surface area contributed by atoms with E-state index in [1.165, 1.54) is 0 Å². The minimum Gasteiger partial charge on any atom is -0.428 e. The summed E-state index contributed by atoms with van der Waals surface area (Å²) >= 11 is 0. The Morgan fingerprint density at radius 2 is 0.614 bits per heavy atom. The summed E-state index contributed by atoms with van der Waals surface area (Å²) in [5.41, 5.74) is 3.45. The molecule has 0 aliphatic rings. The summed E-state index contributed by atoms with van der Waals surface area (Å²) in [6.07, 6.45) is -2.54. The van der Waals surface area contributed by atoms with Crippen LogP contribution in [0.5, 0.6) is 17.2 Å². The molecule has 0 saturated heterocycles.